The van der Waals surface area contributed by atoms with E-state index >= 15 is 0 Å². The summed E-state index contributed by atoms with van der Waals surface area (Å²) < 4.78 is 16.5. The number of methoxy groups -OCH3 is 2. The summed E-state index contributed by atoms with van der Waals surface area (Å²) in [6.07, 6.45) is 3.86. The second-order valence-electron chi connectivity index (χ2n) is 10.2. The van der Waals surface area contributed by atoms with Gasteiger partial charge in [0, 0.05) is 44.4 Å². The highest BCUT2D eigenvalue weighted by Crippen LogP contribution is 2.28. The van der Waals surface area contributed by atoms with Gasteiger partial charge in [0.2, 0.25) is 11.6 Å². The van der Waals surface area contributed by atoms with E-state index < -0.39 is 53.9 Å². The molecule has 11 heteroatoms. The summed E-state index contributed by atoms with van der Waals surface area (Å²) in [5.41, 5.74) is 6.47. The molecule has 0 aromatic rings. The molecule has 2 bridgehead atoms. The second kappa shape index (κ2) is 14.7. The molecule has 5 N–H and O–H groups in total. The van der Waals surface area contributed by atoms with Gasteiger partial charge in [-0.25, -0.2) is 4.79 Å². The van der Waals surface area contributed by atoms with Crippen LogP contribution < -0.4 is 16.4 Å². The van der Waals surface area contributed by atoms with Gasteiger partial charge in [0.15, 0.2) is 6.10 Å². The number of carbonyl (C=O) groups is 4. The number of rotatable bonds is 4. The number of hydrogen-bond donors (Lipinski definition) is 4. The zero-order chi connectivity index (χ0) is 30.1. The Morgan fingerprint density at radius 1 is 1.15 bits per heavy atom. The maximum Gasteiger partial charge on any atom is 0.405 e. The van der Waals surface area contributed by atoms with E-state index in [4.69, 9.17) is 19.9 Å². The van der Waals surface area contributed by atoms with Crippen LogP contribution in [0.15, 0.2) is 58.5 Å². The van der Waals surface area contributed by atoms with Crippen molar-refractivity contribution in [2.24, 2.45) is 17.6 Å². The van der Waals surface area contributed by atoms with Crippen LogP contribution in [-0.4, -0.2) is 74.4 Å². The van der Waals surface area contributed by atoms with Crippen molar-refractivity contribution >= 4 is 23.6 Å². The van der Waals surface area contributed by atoms with Crippen molar-refractivity contribution in [3.05, 3.63) is 58.5 Å². The number of ether oxygens (including phenoxy) is 3. The number of amides is 2. The molecule has 2 aliphatic rings. The molecule has 0 saturated carbocycles. The number of fused-ring (bicyclic) bond motifs is 2. The van der Waals surface area contributed by atoms with Gasteiger partial charge in [-0.05, 0) is 38.2 Å². The van der Waals surface area contributed by atoms with E-state index in [0.29, 0.717) is 12.0 Å². The SMILES string of the molecule is CNC1=C2CC(C)CC(OC)[C@@H](O)[C@H](C)/C=C(\C)[C@@H](OC(N)=O)[C@@H](OC)/C=C\C=C(/C)C(=O)NC(=CC1=O)C2=O. The summed E-state index contributed by atoms with van der Waals surface area (Å²) in [5, 5.41) is 16.5. The lowest BCUT2D eigenvalue weighted by molar-refractivity contribution is -0.120. The molecule has 2 unspecified atom stereocenters. The molecule has 40 heavy (non-hydrogen) atoms. The van der Waals surface area contributed by atoms with Gasteiger partial charge in [0.05, 0.1) is 23.6 Å². The van der Waals surface area contributed by atoms with E-state index in [-0.39, 0.29) is 34.9 Å². The Morgan fingerprint density at radius 2 is 1.82 bits per heavy atom. The molecule has 0 fully saturated rings. The second-order valence-corrected chi connectivity index (χ2v) is 10.2. The maximum atomic E-state index is 13.4. The number of nitrogens with one attached hydrogen (secondary N) is 2. The highest BCUT2D eigenvalue weighted by atomic mass is 16.6. The van der Waals surface area contributed by atoms with Crippen molar-refractivity contribution in [3.8, 4) is 0 Å². The van der Waals surface area contributed by atoms with Crippen LogP contribution in [0, 0.1) is 11.8 Å². The first kappa shape index (κ1) is 32.7. The highest BCUT2D eigenvalue weighted by molar-refractivity contribution is 6.23. The molecule has 0 radical (unpaired) electrons. The smallest absolute Gasteiger partial charge is 0.405 e. The first-order valence-electron chi connectivity index (χ1n) is 13.1. The van der Waals surface area contributed by atoms with Gasteiger partial charge in [0.1, 0.15) is 6.10 Å². The minimum Gasteiger partial charge on any atom is -0.439 e. The van der Waals surface area contributed by atoms with Crippen molar-refractivity contribution in [1.29, 1.82) is 0 Å². The summed E-state index contributed by atoms with van der Waals surface area (Å²) in [6, 6.07) is 0. The Balaban J connectivity index is 2.60. The standard InChI is InChI=1S/C29H41N3O8/c1-15-11-19-24(31-5)21(33)14-20(26(19)35)32-28(36)16(2)9-8-10-22(38-6)27(40-29(30)37)18(4)13-17(3)25(34)23(12-15)39-7/h8-10,13-15,17,22-23,25,27,31,34H,11-12H2,1-7H3,(H2,30,37)(H,32,36)/b10-8-,16-9+,18-13+/t15?,17-,22+,23?,25+,27-/m1/s1. The molecule has 0 spiro atoms. The molecule has 0 aromatic heterocycles. The van der Waals surface area contributed by atoms with E-state index in [1.165, 1.54) is 20.3 Å². The fourth-order valence-corrected chi connectivity index (χ4v) is 4.86. The normalized spacial score (nSPS) is 32.7. The van der Waals surface area contributed by atoms with Crippen molar-refractivity contribution in [1.82, 2.24) is 10.6 Å². The van der Waals surface area contributed by atoms with Gasteiger partial charge in [0.25, 0.3) is 5.91 Å². The Kier molecular flexibility index (Phi) is 12.0. The van der Waals surface area contributed by atoms with Crippen molar-refractivity contribution in [2.75, 3.05) is 21.3 Å². The number of likely N-dealkylation sites (N-methyl/N-ethyl adjacent to an activating group) is 1. The lowest BCUT2D eigenvalue weighted by Gasteiger charge is -2.30. The van der Waals surface area contributed by atoms with Crippen LogP contribution in [0.4, 0.5) is 4.79 Å². The van der Waals surface area contributed by atoms with Crippen LogP contribution in [0.5, 0.6) is 0 Å². The van der Waals surface area contributed by atoms with Crippen LogP contribution >= 0.6 is 0 Å². The zero-order valence-electron chi connectivity index (χ0n) is 24.1. The summed E-state index contributed by atoms with van der Waals surface area (Å²) >= 11 is 0. The topological polar surface area (TPSA) is 166 Å². The fraction of sp³-hybridized carbons (Fsp3) is 0.517. The van der Waals surface area contributed by atoms with Crippen LogP contribution in [-0.2, 0) is 28.6 Å². The zero-order valence-corrected chi connectivity index (χ0v) is 24.1. The minimum atomic E-state index is -0.997. The van der Waals surface area contributed by atoms with E-state index in [9.17, 15) is 24.3 Å². The molecule has 2 amide bonds. The third kappa shape index (κ3) is 8.23. The minimum absolute atomic E-state index is 0.118. The summed E-state index contributed by atoms with van der Waals surface area (Å²) in [6.45, 7) is 6.98. The molecule has 6 atom stereocenters. The van der Waals surface area contributed by atoms with Crippen molar-refractivity contribution in [3.63, 3.8) is 0 Å². The number of primary amides is 1. The molecule has 220 valence electrons. The largest absolute Gasteiger partial charge is 0.439 e. The number of carbonyl (C=O) groups excluding carboxylic acids is 4. The van der Waals surface area contributed by atoms with E-state index in [1.54, 1.807) is 46.0 Å². The number of Topliss-reactive ketones (excluding diaryl/α,β-unsaturated/α-hetero) is 1. The average molecular weight is 560 g/mol. The van der Waals surface area contributed by atoms with E-state index in [0.717, 1.165) is 6.08 Å². The van der Waals surface area contributed by atoms with Crippen molar-refractivity contribution in [2.45, 2.75) is 65.0 Å². The third-order valence-electron chi connectivity index (χ3n) is 7.04. The molecule has 0 aromatic carbocycles. The number of aliphatic hydroxyl groups excluding tert-OH is 1. The Bertz CT molecular complexity index is 1150. The predicted octanol–water partition coefficient (Wildman–Crippen LogP) is 1.98. The lowest BCUT2D eigenvalue weighted by atomic mass is 9.85. The molecule has 11 nitrogen and oxygen atoms in total. The Hall–Kier alpha value is -3.54. The average Bonchev–Trinajstić information content (AvgIpc) is 2.90. The number of aliphatic hydroxyl groups is 1. The highest BCUT2D eigenvalue weighted by Gasteiger charge is 2.33. The van der Waals surface area contributed by atoms with E-state index in [1.807, 2.05) is 6.92 Å². The monoisotopic (exact) mass is 559 g/mol. The molecule has 1 aliphatic heterocycles. The quantitative estimate of drug-likeness (QED) is 0.297. The predicted molar refractivity (Wildman–Crippen MR) is 149 cm³/mol. The van der Waals surface area contributed by atoms with Gasteiger partial charge in [-0.2, -0.15) is 0 Å². The Morgan fingerprint density at radius 3 is 2.40 bits per heavy atom. The number of nitrogens with two attached hydrogens (primary N) is 1. The summed E-state index contributed by atoms with van der Waals surface area (Å²) in [5.74, 6) is -2.06. The summed E-state index contributed by atoms with van der Waals surface area (Å²) in [7, 11) is 4.48. The third-order valence-corrected chi connectivity index (χ3v) is 7.04. The first-order valence-corrected chi connectivity index (χ1v) is 13.1. The van der Waals surface area contributed by atoms with Crippen LogP contribution in [0.3, 0.4) is 0 Å². The van der Waals surface area contributed by atoms with Gasteiger partial charge >= 0.3 is 6.09 Å². The number of allylic oxidation sites excluding steroid dienone is 4. The molecular formula is C29H41N3O8. The van der Waals surface area contributed by atoms with Crippen LogP contribution in [0.1, 0.15) is 40.5 Å². The van der Waals surface area contributed by atoms with Gasteiger partial charge in [-0.1, -0.05) is 38.2 Å². The number of ketones is 2. The van der Waals surface area contributed by atoms with Crippen LogP contribution in [0.2, 0.25) is 0 Å². The molecule has 1 aliphatic carbocycles. The molecular weight excluding hydrogens is 518 g/mol. The van der Waals surface area contributed by atoms with Gasteiger partial charge in [-0.3, -0.25) is 14.4 Å². The van der Waals surface area contributed by atoms with E-state index in [2.05, 4.69) is 10.6 Å². The fourth-order valence-electron chi connectivity index (χ4n) is 4.86. The molecule has 1 heterocycles. The first-order chi connectivity index (χ1) is 18.8. The van der Waals surface area contributed by atoms with Crippen LogP contribution in [0.25, 0.3) is 0 Å². The van der Waals surface area contributed by atoms with Crippen molar-refractivity contribution < 1.29 is 38.5 Å². The lowest BCUT2D eigenvalue weighted by Crippen LogP contribution is -2.37. The molecule has 0 saturated heterocycles. The Labute approximate surface area is 235 Å². The van der Waals surface area contributed by atoms with Gasteiger partial charge in [-0.15, -0.1) is 0 Å². The maximum absolute atomic E-state index is 13.4. The molecule has 2 rings (SSSR count). The van der Waals surface area contributed by atoms with Gasteiger partial charge < -0.3 is 35.7 Å². The number of hydrogen-bond acceptors (Lipinski definition) is 9. The summed E-state index contributed by atoms with van der Waals surface area (Å²) in [4.78, 5) is 50.7.